The molecule has 0 radical (unpaired) electrons. The van der Waals surface area contributed by atoms with E-state index in [0.29, 0.717) is 18.0 Å². The van der Waals surface area contributed by atoms with Gasteiger partial charge in [-0.1, -0.05) is 48.5 Å². The van der Waals surface area contributed by atoms with Crippen LogP contribution in [0.1, 0.15) is 36.2 Å². The number of nitrogens with one attached hydrogen (secondary N) is 2. The second-order valence-corrected chi connectivity index (χ2v) is 8.05. The normalized spacial score (nSPS) is 11.7. The Labute approximate surface area is 194 Å². The number of anilines is 2. The summed E-state index contributed by atoms with van der Waals surface area (Å²) in [4.78, 5) is 17.9. The van der Waals surface area contributed by atoms with Gasteiger partial charge in [0, 0.05) is 17.1 Å². The molecule has 1 amide bonds. The zero-order valence-corrected chi connectivity index (χ0v) is 19.0. The molecular weight excluding hydrogens is 410 g/mol. The van der Waals surface area contributed by atoms with Crippen LogP contribution in [0.4, 0.5) is 11.5 Å². The van der Waals surface area contributed by atoms with Crippen molar-refractivity contribution in [3.63, 3.8) is 0 Å². The van der Waals surface area contributed by atoms with E-state index in [1.165, 1.54) is 5.56 Å². The molecule has 0 unspecified atom stereocenters. The van der Waals surface area contributed by atoms with Gasteiger partial charge in [0.1, 0.15) is 11.6 Å². The van der Waals surface area contributed by atoms with Crippen molar-refractivity contribution in [3.05, 3.63) is 96.1 Å². The predicted octanol–water partition coefficient (Wildman–Crippen LogP) is 6.13. The third kappa shape index (κ3) is 5.89. The van der Waals surface area contributed by atoms with E-state index in [9.17, 15) is 4.79 Å². The maximum atomic E-state index is 13.2. The van der Waals surface area contributed by atoms with E-state index < -0.39 is 0 Å². The maximum absolute atomic E-state index is 13.2. The summed E-state index contributed by atoms with van der Waals surface area (Å²) in [5.41, 5.74) is 3.54. The summed E-state index contributed by atoms with van der Waals surface area (Å²) in [6, 6.07) is 27.6. The molecule has 3 aromatic carbocycles. The van der Waals surface area contributed by atoms with E-state index in [-0.39, 0.29) is 11.9 Å². The first-order valence-electron chi connectivity index (χ1n) is 11.4. The highest BCUT2D eigenvalue weighted by molar-refractivity contribution is 6.07. The van der Waals surface area contributed by atoms with Gasteiger partial charge in [0.05, 0.1) is 17.7 Å². The van der Waals surface area contributed by atoms with Crippen LogP contribution in [0.25, 0.3) is 10.9 Å². The number of amides is 1. The fourth-order valence-electron chi connectivity index (χ4n) is 3.78. The molecule has 1 atom stereocenters. The first-order chi connectivity index (χ1) is 16.1. The van der Waals surface area contributed by atoms with Gasteiger partial charge in [0.15, 0.2) is 0 Å². The SMILES string of the molecule is CCOc1ccc(Nc2cc(C(=O)N[C@H](C)CCc3ccccc3)c3ccccc3n2)cc1. The number of fused-ring (bicyclic) bond motifs is 1. The van der Waals surface area contributed by atoms with Gasteiger partial charge in [0.2, 0.25) is 0 Å². The molecule has 4 aromatic rings. The number of hydrogen-bond acceptors (Lipinski definition) is 4. The van der Waals surface area contributed by atoms with Crippen molar-refractivity contribution < 1.29 is 9.53 Å². The maximum Gasteiger partial charge on any atom is 0.252 e. The van der Waals surface area contributed by atoms with Crippen LogP contribution in [0.5, 0.6) is 5.75 Å². The van der Waals surface area contributed by atoms with Crippen LogP contribution in [-0.2, 0) is 6.42 Å². The molecular formula is C28H29N3O2. The Morgan fingerprint density at radius 2 is 1.70 bits per heavy atom. The Morgan fingerprint density at radius 1 is 0.970 bits per heavy atom. The second kappa shape index (κ2) is 10.6. The molecule has 0 saturated heterocycles. The van der Waals surface area contributed by atoms with Crippen LogP contribution >= 0.6 is 0 Å². The topological polar surface area (TPSA) is 63.2 Å². The average molecular weight is 440 g/mol. The Kier molecular flexibility index (Phi) is 7.20. The Morgan fingerprint density at radius 3 is 2.45 bits per heavy atom. The lowest BCUT2D eigenvalue weighted by atomic mass is 10.0. The van der Waals surface area contributed by atoms with Gasteiger partial charge in [-0.3, -0.25) is 4.79 Å². The minimum absolute atomic E-state index is 0.0483. The zero-order valence-electron chi connectivity index (χ0n) is 19.0. The van der Waals surface area contributed by atoms with E-state index in [1.54, 1.807) is 0 Å². The number of nitrogens with zero attached hydrogens (tertiary/aromatic N) is 1. The van der Waals surface area contributed by atoms with Crippen LogP contribution in [0.3, 0.4) is 0 Å². The molecule has 1 aromatic heterocycles. The van der Waals surface area contributed by atoms with Gasteiger partial charge < -0.3 is 15.4 Å². The highest BCUT2D eigenvalue weighted by atomic mass is 16.5. The summed E-state index contributed by atoms with van der Waals surface area (Å²) in [7, 11) is 0. The van der Waals surface area contributed by atoms with Crippen molar-refractivity contribution in [1.29, 1.82) is 0 Å². The van der Waals surface area contributed by atoms with Crippen LogP contribution in [-0.4, -0.2) is 23.5 Å². The molecule has 0 spiro atoms. The number of aromatic nitrogens is 1. The van der Waals surface area contributed by atoms with Crippen LogP contribution < -0.4 is 15.4 Å². The molecule has 0 aliphatic carbocycles. The van der Waals surface area contributed by atoms with Gasteiger partial charge in [0.25, 0.3) is 5.91 Å². The second-order valence-electron chi connectivity index (χ2n) is 8.05. The van der Waals surface area contributed by atoms with E-state index in [0.717, 1.165) is 35.2 Å². The summed E-state index contributed by atoms with van der Waals surface area (Å²) in [5, 5.41) is 7.31. The predicted molar refractivity (Wildman–Crippen MR) is 134 cm³/mol. The standard InChI is InChI=1S/C28H29N3O2/c1-3-33-23-17-15-22(16-18-23)30-27-19-25(24-11-7-8-12-26(24)31-27)28(32)29-20(2)13-14-21-9-5-4-6-10-21/h4-12,15-20H,3,13-14H2,1-2H3,(H,29,32)(H,30,31)/t20-/m1/s1. The van der Waals surface area contributed by atoms with E-state index in [4.69, 9.17) is 9.72 Å². The van der Waals surface area contributed by atoms with Crippen molar-refractivity contribution in [1.82, 2.24) is 10.3 Å². The number of ether oxygens (including phenoxy) is 1. The molecule has 5 heteroatoms. The number of hydrogen-bond donors (Lipinski definition) is 2. The monoisotopic (exact) mass is 439 g/mol. The number of aryl methyl sites for hydroxylation is 1. The first kappa shape index (κ1) is 22.3. The quantitative estimate of drug-likeness (QED) is 0.329. The van der Waals surface area contributed by atoms with Crippen molar-refractivity contribution in [2.45, 2.75) is 32.7 Å². The summed E-state index contributed by atoms with van der Waals surface area (Å²) < 4.78 is 5.51. The molecule has 4 rings (SSSR count). The summed E-state index contributed by atoms with van der Waals surface area (Å²) in [6.07, 6.45) is 1.79. The van der Waals surface area contributed by atoms with Crippen LogP contribution in [0, 0.1) is 0 Å². The van der Waals surface area contributed by atoms with Gasteiger partial charge in [-0.25, -0.2) is 4.98 Å². The molecule has 0 fully saturated rings. The van der Waals surface area contributed by atoms with Gasteiger partial charge in [-0.15, -0.1) is 0 Å². The fraction of sp³-hybridized carbons (Fsp3) is 0.214. The lowest BCUT2D eigenvalue weighted by molar-refractivity contribution is 0.0940. The number of pyridine rings is 1. The Hall–Kier alpha value is -3.86. The van der Waals surface area contributed by atoms with Crippen molar-refractivity contribution in [3.8, 4) is 5.75 Å². The number of para-hydroxylation sites is 1. The third-order valence-electron chi connectivity index (χ3n) is 5.48. The van der Waals surface area contributed by atoms with Crippen molar-refractivity contribution in [2.75, 3.05) is 11.9 Å². The van der Waals surface area contributed by atoms with Crippen LogP contribution in [0.15, 0.2) is 84.9 Å². The molecule has 0 aliphatic rings. The Balaban J connectivity index is 1.51. The molecule has 33 heavy (non-hydrogen) atoms. The number of rotatable bonds is 9. The summed E-state index contributed by atoms with van der Waals surface area (Å²) >= 11 is 0. The molecule has 0 bridgehead atoms. The summed E-state index contributed by atoms with van der Waals surface area (Å²) in [5.74, 6) is 1.35. The average Bonchev–Trinajstić information content (AvgIpc) is 2.84. The van der Waals surface area contributed by atoms with E-state index in [2.05, 4.69) is 22.8 Å². The minimum Gasteiger partial charge on any atom is -0.494 e. The highest BCUT2D eigenvalue weighted by Gasteiger charge is 2.15. The number of carbonyl (C=O) groups excluding carboxylic acids is 1. The van der Waals surface area contributed by atoms with Crippen molar-refractivity contribution in [2.24, 2.45) is 0 Å². The smallest absolute Gasteiger partial charge is 0.252 e. The zero-order chi connectivity index (χ0) is 23.0. The molecule has 5 nitrogen and oxygen atoms in total. The van der Waals surface area contributed by atoms with Crippen LogP contribution in [0.2, 0.25) is 0 Å². The molecule has 0 aliphatic heterocycles. The lowest BCUT2D eigenvalue weighted by Crippen LogP contribution is -2.33. The van der Waals surface area contributed by atoms with E-state index in [1.807, 2.05) is 86.6 Å². The number of carbonyl (C=O) groups is 1. The first-order valence-corrected chi connectivity index (χ1v) is 11.4. The Bertz CT molecular complexity index is 1210. The lowest BCUT2D eigenvalue weighted by Gasteiger charge is -2.16. The highest BCUT2D eigenvalue weighted by Crippen LogP contribution is 2.24. The van der Waals surface area contributed by atoms with Gasteiger partial charge >= 0.3 is 0 Å². The molecule has 2 N–H and O–H groups in total. The minimum atomic E-state index is -0.0936. The largest absolute Gasteiger partial charge is 0.494 e. The molecule has 0 saturated carbocycles. The molecule has 168 valence electrons. The van der Waals surface area contributed by atoms with E-state index >= 15 is 0 Å². The van der Waals surface area contributed by atoms with Crippen molar-refractivity contribution >= 4 is 28.3 Å². The molecule has 1 heterocycles. The third-order valence-corrected chi connectivity index (χ3v) is 5.48. The fourth-order valence-corrected chi connectivity index (χ4v) is 3.78. The van der Waals surface area contributed by atoms with Gasteiger partial charge in [-0.05, 0) is 68.7 Å². The van der Waals surface area contributed by atoms with Gasteiger partial charge in [-0.2, -0.15) is 0 Å². The summed E-state index contributed by atoms with van der Waals surface area (Å²) in [6.45, 7) is 4.63. The number of benzene rings is 3.